The standard InChI is InChI=1S/C21H19N5OS/c1-15(17-7-9-18(10-8-17)26-14-22-13-23-26)24-21(27)19-12-28-20(25-19)11-16-5-3-2-4-6-16/h2-10,12-15H,11H2,1H3,(H,24,27). The van der Waals surface area contributed by atoms with Crippen molar-refractivity contribution in [3.8, 4) is 5.69 Å². The molecule has 0 aliphatic rings. The first-order valence-corrected chi connectivity index (χ1v) is 9.81. The van der Waals surface area contributed by atoms with E-state index in [2.05, 4.69) is 32.5 Å². The molecule has 0 bridgehead atoms. The Morgan fingerprint density at radius 3 is 2.64 bits per heavy atom. The Morgan fingerprint density at radius 2 is 1.93 bits per heavy atom. The molecule has 0 aliphatic heterocycles. The molecular weight excluding hydrogens is 370 g/mol. The van der Waals surface area contributed by atoms with Crippen LogP contribution in [-0.4, -0.2) is 25.7 Å². The number of carbonyl (C=O) groups excluding carboxylic acids is 1. The summed E-state index contributed by atoms with van der Waals surface area (Å²) in [5.41, 5.74) is 3.58. The number of thiazole rings is 1. The number of aromatic nitrogens is 4. The fourth-order valence-electron chi connectivity index (χ4n) is 2.88. The van der Waals surface area contributed by atoms with Gasteiger partial charge in [-0.2, -0.15) is 5.10 Å². The summed E-state index contributed by atoms with van der Waals surface area (Å²) in [4.78, 5) is 21.0. The maximum atomic E-state index is 12.6. The highest BCUT2D eigenvalue weighted by Gasteiger charge is 2.15. The molecule has 0 saturated heterocycles. The second-order valence-corrected chi connectivity index (χ2v) is 7.36. The van der Waals surface area contributed by atoms with Crippen molar-refractivity contribution in [1.82, 2.24) is 25.1 Å². The quantitative estimate of drug-likeness (QED) is 0.544. The Morgan fingerprint density at radius 1 is 1.14 bits per heavy atom. The molecule has 0 radical (unpaired) electrons. The third kappa shape index (κ3) is 4.15. The lowest BCUT2D eigenvalue weighted by Gasteiger charge is -2.14. The fourth-order valence-corrected chi connectivity index (χ4v) is 3.69. The van der Waals surface area contributed by atoms with Gasteiger partial charge in [-0.1, -0.05) is 42.5 Å². The third-order valence-corrected chi connectivity index (χ3v) is 5.26. The lowest BCUT2D eigenvalue weighted by molar-refractivity contribution is 0.0935. The Labute approximate surface area is 166 Å². The SMILES string of the molecule is CC(NC(=O)c1csc(Cc2ccccc2)n1)c1ccc(-n2cncn2)cc1. The molecule has 1 atom stereocenters. The fraction of sp³-hybridized carbons (Fsp3) is 0.143. The highest BCUT2D eigenvalue weighted by molar-refractivity contribution is 7.09. The molecule has 4 rings (SSSR count). The monoisotopic (exact) mass is 389 g/mol. The van der Waals surface area contributed by atoms with Gasteiger partial charge < -0.3 is 5.32 Å². The number of nitrogens with one attached hydrogen (secondary N) is 1. The summed E-state index contributed by atoms with van der Waals surface area (Å²) in [5.74, 6) is -0.164. The second-order valence-electron chi connectivity index (χ2n) is 6.42. The number of hydrogen-bond acceptors (Lipinski definition) is 5. The van der Waals surface area contributed by atoms with E-state index in [1.807, 2.05) is 54.8 Å². The minimum absolute atomic E-state index is 0.128. The number of hydrogen-bond donors (Lipinski definition) is 1. The zero-order valence-corrected chi connectivity index (χ0v) is 16.1. The molecule has 1 amide bonds. The van der Waals surface area contributed by atoms with Gasteiger partial charge in [0.25, 0.3) is 5.91 Å². The number of nitrogens with zero attached hydrogens (tertiary/aromatic N) is 4. The first-order valence-electron chi connectivity index (χ1n) is 8.93. The van der Waals surface area contributed by atoms with E-state index in [0.717, 1.165) is 22.7 Å². The summed E-state index contributed by atoms with van der Waals surface area (Å²) in [6.07, 6.45) is 3.88. The summed E-state index contributed by atoms with van der Waals surface area (Å²) in [6, 6.07) is 17.9. The molecule has 4 aromatic rings. The Hall–Kier alpha value is -3.32. The second kappa shape index (κ2) is 8.14. The summed E-state index contributed by atoms with van der Waals surface area (Å²) in [5, 5.41) is 9.87. The molecule has 1 N–H and O–H groups in total. The van der Waals surface area contributed by atoms with Crippen LogP contribution in [0.25, 0.3) is 5.69 Å². The normalized spacial score (nSPS) is 11.9. The van der Waals surface area contributed by atoms with Gasteiger partial charge >= 0.3 is 0 Å². The average molecular weight is 389 g/mol. The first-order chi connectivity index (χ1) is 13.7. The van der Waals surface area contributed by atoms with Gasteiger partial charge in [0, 0.05) is 11.8 Å². The third-order valence-electron chi connectivity index (χ3n) is 4.41. The molecule has 0 fully saturated rings. The van der Waals surface area contributed by atoms with Crippen molar-refractivity contribution < 1.29 is 4.79 Å². The number of amides is 1. The summed E-state index contributed by atoms with van der Waals surface area (Å²) < 4.78 is 1.69. The smallest absolute Gasteiger partial charge is 0.271 e. The molecule has 7 heteroatoms. The molecule has 2 aromatic heterocycles. The average Bonchev–Trinajstić information content (AvgIpc) is 3.41. The molecular formula is C21H19N5OS. The minimum Gasteiger partial charge on any atom is -0.344 e. The van der Waals surface area contributed by atoms with Crippen LogP contribution < -0.4 is 5.32 Å². The molecule has 1 unspecified atom stereocenters. The van der Waals surface area contributed by atoms with E-state index < -0.39 is 0 Å². The molecule has 2 heterocycles. The van der Waals surface area contributed by atoms with Crippen LogP contribution in [0.2, 0.25) is 0 Å². The topological polar surface area (TPSA) is 72.7 Å². The van der Waals surface area contributed by atoms with Crippen molar-refractivity contribution >= 4 is 17.2 Å². The zero-order valence-electron chi connectivity index (χ0n) is 15.3. The number of carbonyl (C=O) groups is 1. The van der Waals surface area contributed by atoms with Crippen LogP contribution in [0.15, 0.2) is 72.6 Å². The zero-order chi connectivity index (χ0) is 19.3. The van der Waals surface area contributed by atoms with E-state index in [1.165, 1.54) is 23.2 Å². The van der Waals surface area contributed by atoms with Gasteiger partial charge in [-0.15, -0.1) is 11.3 Å². The molecule has 140 valence electrons. The van der Waals surface area contributed by atoms with Crippen LogP contribution >= 0.6 is 11.3 Å². The van der Waals surface area contributed by atoms with Crippen molar-refractivity contribution in [2.45, 2.75) is 19.4 Å². The van der Waals surface area contributed by atoms with Crippen molar-refractivity contribution in [1.29, 1.82) is 0 Å². The maximum Gasteiger partial charge on any atom is 0.271 e. The van der Waals surface area contributed by atoms with Crippen LogP contribution in [0.3, 0.4) is 0 Å². The van der Waals surface area contributed by atoms with E-state index in [0.29, 0.717) is 5.69 Å². The van der Waals surface area contributed by atoms with Crippen molar-refractivity contribution in [3.05, 3.63) is 94.5 Å². The van der Waals surface area contributed by atoms with Gasteiger partial charge in [0.05, 0.1) is 16.7 Å². The number of benzene rings is 2. The summed E-state index contributed by atoms with van der Waals surface area (Å²) in [6.45, 7) is 1.96. The highest BCUT2D eigenvalue weighted by Crippen LogP contribution is 2.18. The van der Waals surface area contributed by atoms with Crippen LogP contribution in [0.4, 0.5) is 0 Å². The van der Waals surface area contributed by atoms with E-state index in [-0.39, 0.29) is 11.9 Å². The van der Waals surface area contributed by atoms with Crippen LogP contribution in [-0.2, 0) is 6.42 Å². The lowest BCUT2D eigenvalue weighted by atomic mass is 10.1. The van der Waals surface area contributed by atoms with Crippen molar-refractivity contribution in [2.24, 2.45) is 0 Å². The lowest BCUT2D eigenvalue weighted by Crippen LogP contribution is -2.27. The van der Waals surface area contributed by atoms with Gasteiger partial charge in [-0.05, 0) is 30.2 Å². The molecule has 0 aliphatic carbocycles. The highest BCUT2D eigenvalue weighted by atomic mass is 32.1. The predicted molar refractivity (Wildman–Crippen MR) is 109 cm³/mol. The van der Waals surface area contributed by atoms with Crippen molar-refractivity contribution in [2.75, 3.05) is 0 Å². The number of rotatable bonds is 6. The molecule has 0 saturated carbocycles. The summed E-state index contributed by atoms with van der Waals surface area (Å²) in [7, 11) is 0. The van der Waals surface area contributed by atoms with Gasteiger partial charge in [-0.25, -0.2) is 14.6 Å². The maximum absolute atomic E-state index is 12.6. The van der Waals surface area contributed by atoms with E-state index in [4.69, 9.17) is 0 Å². The Kier molecular flexibility index (Phi) is 5.25. The molecule has 6 nitrogen and oxygen atoms in total. The van der Waals surface area contributed by atoms with E-state index in [9.17, 15) is 4.79 Å². The first kappa shape index (κ1) is 18.1. The van der Waals surface area contributed by atoms with Crippen LogP contribution in [0.1, 0.15) is 39.6 Å². The van der Waals surface area contributed by atoms with Crippen LogP contribution in [0, 0.1) is 0 Å². The van der Waals surface area contributed by atoms with Gasteiger partial charge in [0.2, 0.25) is 0 Å². The molecule has 28 heavy (non-hydrogen) atoms. The molecule has 2 aromatic carbocycles. The minimum atomic E-state index is -0.164. The van der Waals surface area contributed by atoms with Crippen molar-refractivity contribution in [3.63, 3.8) is 0 Å². The Bertz CT molecular complexity index is 1040. The van der Waals surface area contributed by atoms with Gasteiger partial charge in [-0.3, -0.25) is 4.79 Å². The largest absolute Gasteiger partial charge is 0.344 e. The Balaban J connectivity index is 1.39. The van der Waals surface area contributed by atoms with E-state index in [1.54, 1.807) is 11.0 Å². The van der Waals surface area contributed by atoms with E-state index >= 15 is 0 Å². The summed E-state index contributed by atoms with van der Waals surface area (Å²) >= 11 is 1.51. The van der Waals surface area contributed by atoms with Gasteiger partial charge in [0.15, 0.2) is 0 Å². The predicted octanol–water partition coefficient (Wildman–Crippen LogP) is 3.81. The van der Waals surface area contributed by atoms with Crippen LogP contribution in [0.5, 0.6) is 0 Å². The molecule has 0 spiro atoms. The van der Waals surface area contributed by atoms with Gasteiger partial charge in [0.1, 0.15) is 18.3 Å².